The zero-order chi connectivity index (χ0) is 27.7. The Kier molecular flexibility index (Phi) is 7.50. The highest BCUT2D eigenvalue weighted by atomic mass is 35.5. The lowest BCUT2D eigenvalue weighted by Crippen LogP contribution is -2.41. The number of benzene rings is 3. The third-order valence-electron chi connectivity index (χ3n) is 6.90. The molecule has 2 heterocycles. The van der Waals surface area contributed by atoms with Crippen LogP contribution in [0.5, 0.6) is 0 Å². The second-order valence-electron chi connectivity index (χ2n) is 9.49. The number of hydrogen-bond acceptors (Lipinski definition) is 4. The highest BCUT2D eigenvalue weighted by Gasteiger charge is 2.35. The first-order valence-corrected chi connectivity index (χ1v) is 13.0. The van der Waals surface area contributed by atoms with Crippen molar-refractivity contribution in [2.24, 2.45) is 0 Å². The van der Waals surface area contributed by atoms with Crippen LogP contribution in [0.1, 0.15) is 47.1 Å². The predicted molar refractivity (Wildman–Crippen MR) is 149 cm³/mol. The number of halogens is 2. The molecular formula is C30H28ClFN4O3. The maximum absolute atomic E-state index is 15.6. The molecule has 3 aromatic carbocycles. The molecule has 0 saturated carbocycles. The molecule has 9 heteroatoms. The van der Waals surface area contributed by atoms with Crippen LogP contribution in [0.4, 0.5) is 10.1 Å². The van der Waals surface area contributed by atoms with Gasteiger partial charge in [0.15, 0.2) is 5.82 Å². The van der Waals surface area contributed by atoms with Gasteiger partial charge in [0.2, 0.25) is 0 Å². The van der Waals surface area contributed by atoms with Crippen molar-refractivity contribution in [3.63, 3.8) is 0 Å². The normalized spacial score (nSPS) is 14.9. The Labute approximate surface area is 230 Å². The van der Waals surface area contributed by atoms with Crippen molar-refractivity contribution < 1.29 is 13.9 Å². The monoisotopic (exact) mass is 546 g/mol. The fourth-order valence-electron chi connectivity index (χ4n) is 4.88. The van der Waals surface area contributed by atoms with Crippen molar-refractivity contribution in [1.29, 1.82) is 0 Å². The second-order valence-corrected chi connectivity index (χ2v) is 9.90. The Bertz CT molecular complexity index is 1610. The van der Waals surface area contributed by atoms with Gasteiger partial charge in [-0.1, -0.05) is 66.2 Å². The molecule has 1 aromatic heterocycles. The van der Waals surface area contributed by atoms with E-state index < -0.39 is 11.5 Å². The van der Waals surface area contributed by atoms with Gasteiger partial charge < -0.3 is 9.64 Å². The van der Waals surface area contributed by atoms with E-state index in [0.29, 0.717) is 35.2 Å². The number of fused-ring (bicyclic) bond motifs is 1. The van der Waals surface area contributed by atoms with E-state index >= 15 is 4.39 Å². The van der Waals surface area contributed by atoms with Crippen LogP contribution in [0.25, 0.3) is 5.69 Å². The summed E-state index contributed by atoms with van der Waals surface area (Å²) < 4.78 is 23.9. The van der Waals surface area contributed by atoms with Gasteiger partial charge in [0.25, 0.3) is 5.91 Å². The summed E-state index contributed by atoms with van der Waals surface area (Å²) in [6, 6.07) is 19.4. The smallest absolute Gasteiger partial charge is 0.350 e. The zero-order valence-electron chi connectivity index (χ0n) is 21.7. The molecule has 7 nitrogen and oxygen atoms in total. The van der Waals surface area contributed by atoms with E-state index in [0.717, 1.165) is 15.8 Å². The number of nitrogens with zero attached hydrogens (tertiary/aromatic N) is 4. The van der Waals surface area contributed by atoms with Crippen molar-refractivity contribution in [3.05, 3.63) is 123 Å². The maximum atomic E-state index is 15.6. The number of hydrogen-bond donors (Lipinski definition) is 0. The molecular weight excluding hydrogens is 519 g/mol. The number of ether oxygens (including phenoxy) is 1. The lowest BCUT2D eigenvalue weighted by atomic mass is 9.84. The maximum Gasteiger partial charge on any atom is 0.350 e. The highest BCUT2D eigenvalue weighted by molar-refractivity contribution is 6.34. The van der Waals surface area contributed by atoms with Crippen LogP contribution < -0.4 is 10.6 Å². The molecule has 1 aliphatic rings. The van der Waals surface area contributed by atoms with Crippen molar-refractivity contribution in [1.82, 2.24) is 14.3 Å². The van der Waals surface area contributed by atoms with Crippen molar-refractivity contribution in [3.8, 4) is 5.69 Å². The third-order valence-corrected chi connectivity index (χ3v) is 7.22. The summed E-state index contributed by atoms with van der Waals surface area (Å²) in [5, 5.41) is 4.84. The molecule has 0 N–H and O–H groups in total. The van der Waals surface area contributed by atoms with Crippen LogP contribution in [0.3, 0.4) is 0 Å². The summed E-state index contributed by atoms with van der Waals surface area (Å²) in [6.07, 6.45) is 0. The number of rotatable bonds is 8. The predicted octanol–water partition coefficient (Wildman–Crippen LogP) is 5.88. The fraction of sp³-hybridized carbons (Fsp3) is 0.233. The topological polar surface area (TPSA) is 69.4 Å². The summed E-state index contributed by atoms with van der Waals surface area (Å²) in [5.41, 5.74) is 2.60. The van der Waals surface area contributed by atoms with Crippen LogP contribution in [-0.2, 0) is 24.5 Å². The van der Waals surface area contributed by atoms with E-state index in [1.165, 1.54) is 16.7 Å². The fourth-order valence-corrected chi connectivity index (χ4v) is 5.11. The number of amides is 1. The van der Waals surface area contributed by atoms with Gasteiger partial charge >= 0.3 is 5.69 Å². The van der Waals surface area contributed by atoms with Gasteiger partial charge in [-0.2, -0.15) is 4.68 Å². The minimum Gasteiger partial charge on any atom is -0.369 e. The molecule has 39 heavy (non-hydrogen) atoms. The molecule has 0 radical (unpaired) electrons. The van der Waals surface area contributed by atoms with Gasteiger partial charge in [0, 0.05) is 24.6 Å². The van der Waals surface area contributed by atoms with E-state index in [1.807, 2.05) is 44.2 Å². The third kappa shape index (κ3) is 5.05. The van der Waals surface area contributed by atoms with Gasteiger partial charge in [0.1, 0.15) is 18.1 Å². The molecule has 1 unspecified atom stereocenters. The van der Waals surface area contributed by atoms with Crippen LogP contribution in [0.15, 0.2) is 83.7 Å². The lowest BCUT2D eigenvalue weighted by Gasteiger charge is -2.35. The first kappa shape index (κ1) is 26.6. The quantitative estimate of drug-likeness (QED) is 0.259. The number of carbonyl (C=O) groups excluding carboxylic acids is 1. The van der Waals surface area contributed by atoms with Crippen LogP contribution in [-0.4, -0.2) is 26.8 Å². The second kappa shape index (κ2) is 11.0. The molecule has 0 aliphatic carbocycles. The number of anilines is 1. The molecule has 4 aromatic rings. The molecule has 1 amide bonds. The molecule has 0 fully saturated rings. The minimum absolute atomic E-state index is 0.0273. The van der Waals surface area contributed by atoms with Gasteiger partial charge in [0.05, 0.1) is 17.3 Å². The van der Waals surface area contributed by atoms with Gasteiger partial charge in [-0.25, -0.2) is 9.18 Å². The molecule has 1 aliphatic heterocycles. The first-order valence-electron chi connectivity index (χ1n) is 12.7. The van der Waals surface area contributed by atoms with Crippen molar-refractivity contribution >= 4 is 23.2 Å². The molecule has 0 saturated heterocycles. The van der Waals surface area contributed by atoms with E-state index in [2.05, 4.69) is 11.7 Å². The summed E-state index contributed by atoms with van der Waals surface area (Å²) in [4.78, 5) is 28.3. The lowest BCUT2D eigenvalue weighted by molar-refractivity contribution is 0.0977. The van der Waals surface area contributed by atoms with Crippen LogP contribution in [0, 0.1) is 5.82 Å². The largest absolute Gasteiger partial charge is 0.369 e. The Morgan fingerprint density at radius 1 is 1.08 bits per heavy atom. The molecule has 200 valence electrons. The van der Waals surface area contributed by atoms with E-state index in [-0.39, 0.29) is 36.2 Å². The highest BCUT2D eigenvalue weighted by Crippen LogP contribution is 2.38. The SMILES string of the molecule is C=C(C)C1CN(c2ccccc2Cl)C(=O)c2cc(F)c(-n3nc(COCc4ccccc4)n(CC)c3=O)cc21. The van der Waals surface area contributed by atoms with Gasteiger partial charge in [-0.15, -0.1) is 5.10 Å². The summed E-state index contributed by atoms with van der Waals surface area (Å²) in [5.74, 6) is -1.02. The average Bonchev–Trinajstić information content (AvgIpc) is 3.24. The number of para-hydroxylation sites is 1. The Morgan fingerprint density at radius 3 is 2.49 bits per heavy atom. The van der Waals surface area contributed by atoms with E-state index in [1.54, 1.807) is 29.2 Å². The van der Waals surface area contributed by atoms with Gasteiger partial charge in [-0.05, 0) is 49.2 Å². The average molecular weight is 547 g/mol. The van der Waals surface area contributed by atoms with Gasteiger partial charge in [-0.3, -0.25) is 9.36 Å². The van der Waals surface area contributed by atoms with Crippen molar-refractivity contribution in [2.45, 2.75) is 39.5 Å². The minimum atomic E-state index is -0.733. The summed E-state index contributed by atoms with van der Waals surface area (Å²) >= 11 is 6.38. The van der Waals surface area contributed by atoms with Crippen LogP contribution in [0.2, 0.25) is 5.02 Å². The zero-order valence-corrected chi connectivity index (χ0v) is 22.5. The standard InChI is InChI=1S/C30H28ClFN4O3/c1-4-34-28(18-39-17-20-10-6-5-7-11-20)33-36(30(34)38)27-15-21-22(14-25(27)32)29(37)35(16-23(21)19(2)3)26-13-9-8-12-24(26)31/h5-15,23H,2,4,16-18H2,1,3H3. The first-order chi connectivity index (χ1) is 18.8. The van der Waals surface area contributed by atoms with Crippen molar-refractivity contribution in [2.75, 3.05) is 11.4 Å². The van der Waals surface area contributed by atoms with E-state index in [4.69, 9.17) is 16.3 Å². The van der Waals surface area contributed by atoms with Crippen LogP contribution >= 0.6 is 11.6 Å². The van der Waals surface area contributed by atoms with E-state index in [9.17, 15) is 9.59 Å². The Hall–Kier alpha value is -4.01. The molecule has 5 rings (SSSR count). The summed E-state index contributed by atoms with van der Waals surface area (Å²) in [6.45, 7) is 8.85. The Balaban J connectivity index is 1.52. The molecule has 0 spiro atoms. The number of carbonyl (C=O) groups is 1. The summed E-state index contributed by atoms with van der Waals surface area (Å²) in [7, 11) is 0. The molecule has 1 atom stereocenters. The number of aromatic nitrogens is 3. The molecule has 0 bridgehead atoms. The Morgan fingerprint density at radius 2 is 1.79 bits per heavy atom.